The molecule has 0 spiro atoms. The Labute approximate surface area is 110 Å². The van der Waals surface area contributed by atoms with Crippen molar-refractivity contribution in [1.29, 1.82) is 0 Å². The molecule has 1 saturated heterocycles. The normalized spacial score (nSPS) is 26.5. The van der Waals surface area contributed by atoms with Gasteiger partial charge in [-0.3, -0.25) is 4.90 Å². The van der Waals surface area contributed by atoms with Gasteiger partial charge in [0.25, 0.3) is 0 Å². The number of hydrogen-bond donors (Lipinski definition) is 1. The zero-order valence-electron chi connectivity index (χ0n) is 11.9. The SMILES string of the molecule is Cc1ccc(C2C(CN)CCCCN2C(C)C)o1. The van der Waals surface area contributed by atoms with E-state index >= 15 is 0 Å². The first-order chi connectivity index (χ1) is 8.63. The molecule has 1 fully saturated rings. The van der Waals surface area contributed by atoms with Crippen molar-refractivity contribution in [1.82, 2.24) is 4.90 Å². The van der Waals surface area contributed by atoms with Gasteiger partial charge in [-0.25, -0.2) is 0 Å². The zero-order chi connectivity index (χ0) is 13.1. The fourth-order valence-electron chi connectivity index (χ4n) is 3.10. The number of aryl methyl sites for hydroxylation is 1. The number of hydrogen-bond acceptors (Lipinski definition) is 3. The smallest absolute Gasteiger partial charge is 0.121 e. The molecule has 0 saturated carbocycles. The van der Waals surface area contributed by atoms with E-state index in [1.807, 2.05) is 6.92 Å². The molecule has 2 N–H and O–H groups in total. The Morgan fingerprint density at radius 3 is 2.72 bits per heavy atom. The van der Waals surface area contributed by atoms with E-state index in [0.717, 1.165) is 24.6 Å². The Kier molecular flexibility index (Phi) is 4.46. The fraction of sp³-hybridized carbons (Fsp3) is 0.733. The Morgan fingerprint density at radius 2 is 2.17 bits per heavy atom. The molecule has 1 aliphatic rings. The van der Waals surface area contributed by atoms with E-state index in [2.05, 4.69) is 30.9 Å². The van der Waals surface area contributed by atoms with E-state index in [9.17, 15) is 0 Å². The molecule has 2 rings (SSSR count). The Balaban J connectivity index is 2.32. The van der Waals surface area contributed by atoms with Crippen molar-refractivity contribution in [2.45, 2.75) is 52.1 Å². The van der Waals surface area contributed by atoms with Crippen molar-refractivity contribution in [3.63, 3.8) is 0 Å². The van der Waals surface area contributed by atoms with Gasteiger partial charge in [0.05, 0.1) is 6.04 Å². The van der Waals surface area contributed by atoms with Gasteiger partial charge in [-0.1, -0.05) is 6.42 Å². The third-order valence-corrected chi connectivity index (χ3v) is 4.06. The lowest BCUT2D eigenvalue weighted by atomic mass is 9.92. The molecule has 0 bridgehead atoms. The summed E-state index contributed by atoms with van der Waals surface area (Å²) >= 11 is 0. The first kappa shape index (κ1) is 13.6. The highest BCUT2D eigenvalue weighted by Crippen LogP contribution is 2.36. The van der Waals surface area contributed by atoms with Crippen LogP contribution in [-0.4, -0.2) is 24.0 Å². The highest BCUT2D eigenvalue weighted by Gasteiger charge is 2.33. The minimum Gasteiger partial charge on any atom is -0.465 e. The highest BCUT2D eigenvalue weighted by molar-refractivity contribution is 5.12. The van der Waals surface area contributed by atoms with Crippen molar-refractivity contribution in [2.75, 3.05) is 13.1 Å². The van der Waals surface area contributed by atoms with Crippen LogP contribution in [0.5, 0.6) is 0 Å². The molecule has 2 atom stereocenters. The van der Waals surface area contributed by atoms with Gasteiger partial charge in [-0.2, -0.15) is 0 Å². The number of likely N-dealkylation sites (tertiary alicyclic amines) is 1. The summed E-state index contributed by atoms with van der Waals surface area (Å²) in [7, 11) is 0. The number of furan rings is 1. The van der Waals surface area contributed by atoms with Crippen molar-refractivity contribution in [2.24, 2.45) is 11.7 Å². The lowest BCUT2D eigenvalue weighted by molar-refractivity contribution is 0.103. The molecule has 0 radical (unpaired) electrons. The molecule has 0 aromatic carbocycles. The fourth-order valence-corrected chi connectivity index (χ4v) is 3.10. The molecular formula is C15H26N2O. The molecule has 2 heterocycles. The van der Waals surface area contributed by atoms with E-state index in [1.165, 1.54) is 19.3 Å². The monoisotopic (exact) mass is 250 g/mol. The van der Waals surface area contributed by atoms with Crippen LogP contribution in [0.4, 0.5) is 0 Å². The van der Waals surface area contributed by atoms with Gasteiger partial charge >= 0.3 is 0 Å². The van der Waals surface area contributed by atoms with E-state index in [4.69, 9.17) is 10.2 Å². The predicted octanol–water partition coefficient (Wildman–Crippen LogP) is 3.10. The minimum atomic E-state index is 0.353. The lowest BCUT2D eigenvalue weighted by Gasteiger charge is -2.36. The van der Waals surface area contributed by atoms with E-state index in [-0.39, 0.29) is 0 Å². The van der Waals surface area contributed by atoms with Gasteiger partial charge in [0.15, 0.2) is 0 Å². The summed E-state index contributed by atoms with van der Waals surface area (Å²) in [5, 5.41) is 0. The van der Waals surface area contributed by atoms with Crippen LogP contribution in [0.2, 0.25) is 0 Å². The van der Waals surface area contributed by atoms with E-state index in [0.29, 0.717) is 18.0 Å². The summed E-state index contributed by atoms with van der Waals surface area (Å²) in [6, 6.07) is 5.08. The first-order valence-electron chi connectivity index (χ1n) is 7.15. The van der Waals surface area contributed by atoms with Crippen molar-refractivity contribution < 1.29 is 4.42 Å². The zero-order valence-corrected chi connectivity index (χ0v) is 11.9. The van der Waals surface area contributed by atoms with Gasteiger partial charge in [-0.05, 0) is 64.8 Å². The molecule has 1 aliphatic heterocycles. The molecule has 2 unspecified atom stereocenters. The van der Waals surface area contributed by atoms with Crippen LogP contribution in [0, 0.1) is 12.8 Å². The maximum absolute atomic E-state index is 6.00. The Morgan fingerprint density at radius 1 is 1.39 bits per heavy atom. The maximum Gasteiger partial charge on any atom is 0.121 e. The molecule has 0 aliphatic carbocycles. The number of nitrogens with two attached hydrogens (primary N) is 1. The third-order valence-electron chi connectivity index (χ3n) is 4.06. The third kappa shape index (κ3) is 2.78. The Bertz CT molecular complexity index is 372. The number of nitrogens with zero attached hydrogens (tertiary/aromatic N) is 1. The standard InChI is InChI=1S/C15H26N2O/c1-11(2)17-9-5-4-6-13(10-16)15(17)14-8-7-12(3)18-14/h7-8,11,13,15H,4-6,9-10,16H2,1-3H3. The minimum absolute atomic E-state index is 0.353. The molecule has 18 heavy (non-hydrogen) atoms. The molecule has 102 valence electrons. The molecule has 3 heteroatoms. The first-order valence-corrected chi connectivity index (χ1v) is 7.15. The van der Waals surface area contributed by atoms with Crippen molar-refractivity contribution >= 4 is 0 Å². The van der Waals surface area contributed by atoms with E-state index in [1.54, 1.807) is 0 Å². The van der Waals surface area contributed by atoms with Gasteiger partial charge in [0.1, 0.15) is 11.5 Å². The second-order valence-electron chi connectivity index (χ2n) is 5.72. The summed E-state index contributed by atoms with van der Waals surface area (Å²) in [5.74, 6) is 2.60. The van der Waals surface area contributed by atoms with Gasteiger partial charge in [0.2, 0.25) is 0 Å². The second kappa shape index (κ2) is 5.89. The maximum atomic E-state index is 6.00. The average Bonchev–Trinajstić information content (AvgIpc) is 2.64. The van der Waals surface area contributed by atoms with Gasteiger partial charge in [-0.15, -0.1) is 0 Å². The quantitative estimate of drug-likeness (QED) is 0.896. The van der Waals surface area contributed by atoms with Crippen LogP contribution in [0.15, 0.2) is 16.5 Å². The van der Waals surface area contributed by atoms with Crippen LogP contribution >= 0.6 is 0 Å². The summed E-state index contributed by atoms with van der Waals surface area (Å²) in [4.78, 5) is 2.56. The molecule has 1 aromatic heterocycles. The van der Waals surface area contributed by atoms with Crippen LogP contribution < -0.4 is 5.73 Å². The molecule has 0 amide bonds. The van der Waals surface area contributed by atoms with E-state index < -0.39 is 0 Å². The highest BCUT2D eigenvalue weighted by atomic mass is 16.3. The van der Waals surface area contributed by atoms with Crippen molar-refractivity contribution in [3.8, 4) is 0 Å². The largest absolute Gasteiger partial charge is 0.465 e. The Hall–Kier alpha value is -0.800. The van der Waals surface area contributed by atoms with Crippen LogP contribution in [0.3, 0.4) is 0 Å². The van der Waals surface area contributed by atoms with Crippen molar-refractivity contribution in [3.05, 3.63) is 23.7 Å². The lowest BCUT2D eigenvalue weighted by Crippen LogP contribution is -2.39. The van der Waals surface area contributed by atoms with Gasteiger partial charge in [0, 0.05) is 6.04 Å². The summed E-state index contributed by atoms with van der Waals surface area (Å²) in [6.07, 6.45) is 3.76. The predicted molar refractivity (Wildman–Crippen MR) is 74.4 cm³/mol. The second-order valence-corrected chi connectivity index (χ2v) is 5.72. The van der Waals surface area contributed by atoms with Crippen LogP contribution in [0.25, 0.3) is 0 Å². The van der Waals surface area contributed by atoms with Gasteiger partial charge < -0.3 is 10.2 Å². The van der Waals surface area contributed by atoms with Crippen LogP contribution in [-0.2, 0) is 0 Å². The summed E-state index contributed by atoms with van der Waals surface area (Å²) < 4.78 is 5.89. The van der Waals surface area contributed by atoms with Crippen LogP contribution in [0.1, 0.15) is 50.7 Å². The topological polar surface area (TPSA) is 42.4 Å². The summed E-state index contributed by atoms with van der Waals surface area (Å²) in [6.45, 7) is 8.44. The number of rotatable bonds is 3. The summed E-state index contributed by atoms with van der Waals surface area (Å²) in [5.41, 5.74) is 6.00. The average molecular weight is 250 g/mol. The molecular weight excluding hydrogens is 224 g/mol. The molecule has 3 nitrogen and oxygen atoms in total. The molecule has 1 aromatic rings.